The molecule has 0 radical (unpaired) electrons. The molecule has 74 valence electrons. The van der Waals surface area contributed by atoms with Gasteiger partial charge in [-0.05, 0) is 46.8 Å². The minimum Gasteiger partial charge on any atom is -0.343 e. The maximum absolute atomic E-state index is 5.70. The highest BCUT2D eigenvalue weighted by atomic mass is 79.9. The Morgan fingerprint density at radius 1 is 1.50 bits per heavy atom. The first-order valence-electron chi connectivity index (χ1n) is 4.40. The Hall–Kier alpha value is -0.610. The van der Waals surface area contributed by atoms with Crippen molar-refractivity contribution in [3.63, 3.8) is 0 Å². The molecule has 0 aliphatic heterocycles. The fourth-order valence-corrected chi connectivity index (χ4v) is 1.79. The van der Waals surface area contributed by atoms with Crippen LogP contribution in [0, 0.1) is 0 Å². The third-order valence-corrected chi connectivity index (χ3v) is 2.80. The molecule has 3 nitrogen and oxygen atoms in total. The molecule has 1 aliphatic carbocycles. The van der Waals surface area contributed by atoms with Crippen molar-refractivity contribution in [1.82, 2.24) is 9.97 Å². The summed E-state index contributed by atoms with van der Waals surface area (Å²) in [5.41, 5.74) is 1.21. The number of nitrogens with one attached hydrogen (secondary N) is 1. The lowest BCUT2D eigenvalue weighted by Crippen LogP contribution is -2.00. The molecule has 1 aromatic rings. The minimum absolute atomic E-state index is 0.259. The van der Waals surface area contributed by atoms with E-state index in [1.807, 2.05) is 0 Å². The molecule has 0 aromatic carbocycles. The van der Waals surface area contributed by atoms with Crippen LogP contribution in [0.15, 0.2) is 22.4 Å². The zero-order valence-electron chi connectivity index (χ0n) is 7.43. The number of aromatic nitrogens is 2. The van der Waals surface area contributed by atoms with E-state index in [1.54, 1.807) is 6.20 Å². The molecule has 0 atom stereocenters. The Balaban J connectivity index is 2.19. The second-order valence-electron chi connectivity index (χ2n) is 3.08. The van der Waals surface area contributed by atoms with Crippen molar-refractivity contribution >= 4 is 33.3 Å². The van der Waals surface area contributed by atoms with E-state index in [4.69, 9.17) is 11.6 Å². The summed E-state index contributed by atoms with van der Waals surface area (Å²) in [4.78, 5) is 7.95. The summed E-state index contributed by atoms with van der Waals surface area (Å²) >= 11 is 9.06. The molecule has 0 saturated heterocycles. The Kier molecular flexibility index (Phi) is 3.03. The van der Waals surface area contributed by atoms with E-state index in [0.717, 1.165) is 23.1 Å². The number of nitrogens with zero attached hydrogens (tertiary/aromatic N) is 2. The average molecular weight is 275 g/mol. The fraction of sp³-hybridized carbons (Fsp3) is 0.333. The predicted molar refractivity (Wildman–Crippen MR) is 60.3 cm³/mol. The van der Waals surface area contributed by atoms with Crippen molar-refractivity contribution in [2.45, 2.75) is 19.3 Å². The van der Waals surface area contributed by atoms with Crippen LogP contribution >= 0.6 is 27.5 Å². The van der Waals surface area contributed by atoms with Crippen LogP contribution in [0.5, 0.6) is 0 Å². The molecular formula is C9H9BrClN3. The molecule has 1 aromatic heterocycles. The first-order valence-corrected chi connectivity index (χ1v) is 5.57. The van der Waals surface area contributed by atoms with Crippen molar-refractivity contribution in [2.24, 2.45) is 0 Å². The number of hydrogen-bond acceptors (Lipinski definition) is 3. The molecule has 0 amide bonds. The lowest BCUT2D eigenvalue weighted by molar-refractivity contribution is 0.906. The Morgan fingerprint density at radius 2 is 2.36 bits per heavy atom. The van der Waals surface area contributed by atoms with Crippen molar-refractivity contribution < 1.29 is 0 Å². The van der Waals surface area contributed by atoms with Gasteiger partial charge in [0.15, 0.2) is 0 Å². The molecule has 0 spiro atoms. The predicted octanol–water partition coefficient (Wildman–Crippen LogP) is 3.37. The zero-order chi connectivity index (χ0) is 9.97. The molecule has 0 bridgehead atoms. The highest BCUT2D eigenvalue weighted by Crippen LogP contribution is 2.25. The van der Waals surface area contributed by atoms with E-state index in [1.165, 1.54) is 12.1 Å². The van der Waals surface area contributed by atoms with Gasteiger partial charge in [0, 0.05) is 11.9 Å². The van der Waals surface area contributed by atoms with Crippen LogP contribution in [0.25, 0.3) is 0 Å². The molecule has 1 aliphatic rings. The molecular weight excluding hydrogens is 265 g/mol. The Labute approximate surface area is 95.7 Å². The van der Waals surface area contributed by atoms with Gasteiger partial charge in [0.1, 0.15) is 5.82 Å². The third kappa shape index (κ3) is 2.25. The van der Waals surface area contributed by atoms with Crippen LogP contribution in [0.2, 0.25) is 5.28 Å². The van der Waals surface area contributed by atoms with Crippen molar-refractivity contribution in [2.75, 3.05) is 5.32 Å². The first kappa shape index (κ1) is 9.93. The quantitative estimate of drug-likeness (QED) is 0.840. The lowest BCUT2D eigenvalue weighted by Gasteiger charge is -2.07. The summed E-state index contributed by atoms with van der Waals surface area (Å²) in [5.74, 6) is 0.734. The van der Waals surface area contributed by atoms with Crippen LogP contribution in [-0.2, 0) is 0 Å². The van der Waals surface area contributed by atoms with Gasteiger partial charge in [-0.3, -0.25) is 0 Å². The van der Waals surface area contributed by atoms with Gasteiger partial charge in [0.25, 0.3) is 0 Å². The number of halogens is 2. The highest BCUT2D eigenvalue weighted by molar-refractivity contribution is 9.10. The first-order chi connectivity index (χ1) is 6.75. The van der Waals surface area contributed by atoms with Gasteiger partial charge >= 0.3 is 0 Å². The molecule has 0 fully saturated rings. The van der Waals surface area contributed by atoms with Gasteiger partial charge in [-0.2, -0.15) is 4.98 Å². The summed E-state index contributed by atoms with van der Waals surface area (Å²) in [6, 6.07) is 0. The zero-order valence-corrected chi connectivity index (χ0v) is 9.77. The maximum atomic E-state index is 5.70. The van der Waals surface area contributed by atoms with E-state index in [9.17, 15) is 0 Å². The second kappa shape index (κ2) is 4.28. The molecule has 5 heteroatoms. The van der Waals surface area contributed by atoms with Crippen molar-refractivity contribution in [1.29, 1.82) is 0 Å². The number of rotatable bonds is 2. The van der Waals surface area contributed by atoms with E-state index in [2.05, 4.69) is 37.3 Å². The molecule has 0 saturated carbocycles. The average Bonchev–Trinajstić information content (AvgIpc) is 2.64. The normalized spacial score (nSPS) is 15.4. The molecule has 14 heavy (non-hydrogen) atoms. The van der Waals surface area contributed by atoms with Crippen molar-refractivity contribution in [3.05, 3.63) is 27.7 Å². The summed E-state index contributed by atoms with van der Waals surface area (Å²) < 4.78 is 0.828. The smallest absolute Gasteiger partial charge is 0.224 e. The van der Waals surface area contributed by atoms with E-state index in [-0.39, 0.29) is 5.28 Å². The van der Waals surface area contributed by atoms with Crippen LogP contribution in [-0.4, -0.2) is 9.97 Å². The van der Waals surface area contributed by atoms with E-state index in [0.29, 0.717) is 0 Å². The van der Waals surface area contributed by atoms with Gasteiger partial charge in [0.05, 0.1) is 4.47 Å². The summed E-state index contributed by atoms with van der Waals surface area (Å²) in [5, 5.41) is 3.49. The standard InChI is InChI=1S/C9H9BrClN3/c10-7-5-12-9(11)14-8(7)13-6-3-1-2-4-6/h3,5H,1-2,4H2,(H,12,13,14). The Morgan fingerprint density at radius 3 is 3.07 bits per heavy atom. The number of anilines is 1. The summed E-state index contributed by atoms with van der Waals surface area (Å²) in [6.45, 7) is 0. The molecule has 0 unspecified atom stereocenters. The molecule has 1 heterocycles. The number of allylic oxidation sites excluding steroid dienone is 2. The lowest BCUT2D eigenvalue weighted by atomic mass is 10.3. The summed E-state index contributed by atoms with van der Waals surface area (Å²) in [7, 11) is 0. The van der Waals surface area contributed by atoms with Crippen LogP contribution < -0.4 is 5.32 Å². The van der Waals surface area contributed by atoms with E-state index >= 15 is 0 Å². The third-order valence-electron chi connectivity index (χ3n) is 2.03. The van der Waals surface area contributed by atoms with E-state index < -0.39 is 0 Å². The Bertz CT molecular complexity index is 378. The van der Waals surface area contributed by atoms with Crippen LogP contribution in [0.3, 0.4) is 0 Å². The monoisotopic (exact) mass is 273 g/mol. The number of hydrogen-bond donors (Lipinski definition) is 1. The van der Waals surface area contributed by atoms with Gasteiger partial charge in [-0.25, -0.2) is 4.98 Å². The minimum atomic E-state index is 0.259. The largest absolute Gasteiger partial charge is 0.343 e. The SMILES string of the molecule is Clc1ncc(Br)c(NC2=CCCC2)n1. The summed E-state index contributed by atoms with van der Waals surface area (Å²) in [6.07, 6.45) is 7.25. The van der Waals surface area contributed by atoms with Crippen molar-refractivity contribution in [3.8, 4) is 0 Å². The van der Waals surface area contributed by atoms with Gasteiger partial charge < -0.3 is 5.32 Å². The highest BCUT2D eigenvalue weighted by Gasteiger charge is 2.08. The second-order valence-corrected chi connectivity index (χ2v) is 4.27. The van der Waals surface area contributed by atoms with Gasteiger partial charge in [-0.1, -0.05) is 6.08 Å². The van der Waals surface area contributed by atoms with Crippen LogP contribution in [0.1, 0.15) is 19.3 Å². The topological polar surface area (TPSA) is 37.8 Å². The van der Waals surface area contributed by atoms with Crippen LogP contribution in [0.4, 0.5) is 5.82 Å². The molecule has 2 rings (SSSR count). The fourth-order valence-electron chi connectivity index (χ4n) is 1.37. The maximum Gasteiger partial charge on any atom is 0.224 e. The molecule has 1 N–H and O–H groups in total. The van der Waals surface area contributed by atoms with Gasteiger partial charge in [-0.15, -0.1) is 0 Å². The van der Waals surface area contributed by atoms with Gasteiger partial charge in [0.2, 0.25) is 5.28 Å².